The molecule has 3 rings (SSSR count). The molecule has 28 heavy (non-hydrogen) atoms. The number of likely N-dealkylation sites (tertiary alicyclic amines) is 1. The molecule has 0 radical (unpaired) electrons. The van der Waals surface area contributed by atoms with Gasteiger partial charge in [0.25, 0.3) is 0 Å². The second-order valence-electron chi connectivity index (χ2n) is 7.23. The van der Waals surface area contributed by atoms with Crippen molar-refractivity contribution in [1.29, 1.82) is 0 Å². The number of hydrogen-bond donors (Lipinski definition) is 0. The predicted octanol–water partition coefficient (Wildman–Crippen LogP) is 4.01. The van der Waals surface area contributed by atoms with Gasteiger partial charge in [-0.05, 0) is 52.3 Å². The van der Waals surface area contributed by atoms with E-state index in [0.29, 0.717) is 18.8 Å². The number of aryl methyl sites for hydroxylation is 1. The second kappa shape index (κ2) is 8.82. The smallest absolute Gasteiger partial charge is 0.229 e. The molecule has 152 valence electrons. The van der Waals surface area contributed by atoms with Gasteiger partial charge < -0.3 is 9.32 Å². The van der Waals surface area contributed by atoms with Gasteiger partial charge in [0.05, 0.1) is 17.2 Å². The monoisotopic (exact) mass is 391 g/mol. The summed E-state index contributed by atoms with van der Waals surface area (Å²) in [7, 11) is 0. The van der Waals surface area contributed by atoms with Gasteiger partial charge in [0.2, 0.25) is 11.8 Å². The third-order valence-corrected chi connectivity index (χ3v) is 5.36. The number of nitrogens with zero attached hydrogens (tertiary/aromatic N) is 3. The Balaban J connectivity index is 1.71. The largest absolute Gasteiger partial charge is 0.441 e. The highest BCUT2D eigenvalue weighted by atomic mass is 19.1. The van der Waals surface area contributed by atoms with Gasteiger partial charge in [0, 0.05) is 32.2 Å². The Hall–Kier alpha value is -2.28. The third-order valence-electron chi connectivity index (χ3n) is 5.36. The molecule has 0 spiro atoms. The molecule has 1 aromatic carbocycles. The maximum absolute atomic E-state index is 14.0. The van der Waals surface area contributed by atoms with Crippen LogP contribution in [0, 0.1) is 24.5 Å². The zero-order chi connectivity index (χ0) is 20.3. The Kier molecular flexibility index (Phi) is 6.44. The van der Waals surface area contributed by atoms with Crippen LogP contribution in [0.2, 0.25) is 0 Å². The number of halogens is 2. The van der Waals surface area contributed by atoms with Crippen molar-refractivity contribution >= 4 is 5.91 Å². The number of amides is 1. The highest BCUT2D eigenvalue weighted by Crippen LogP contribution is 2.27. The van der Waals surface area contributed by atoms with Crippen LogP contribution in [0.3, 0.4) is 0 Å². The zero-order valence-corrected chi connectivity index (χ0v) is 16.7. The fourth-order valence-corrected chi connectivity index (χ4v) is 3.76. The summed E-state index contributed by atoms with van der Waals surface area (Å²) in [6.07, 6.45) is 1.85. The van der Waals surface area contributed by atoms with Crippen LogP contribution < -0.4 is 0 Å². The minimum atomic E-state index is -0.698. The molecule has 0 unspecified atom stereocenters. The van der Waals surface area contributed by atoms with Crippen molar-refractivity contribution in [3.63, 3.8) is 0 Å². The summed E-state index contributed by atoms with van der Waals surface area (Å²) >= 11 is 0. The molecule has 1 aromatic heterocycles. The van der Waals surface area contributed by atoms with Crippen LogP contribution in [0.1, 0.15) is 38.1 Å². The molecule has 0 bridgehead atoms. The first-order chi connectivity index (χ1) is 13.4. The fraction of sp³-hybridized carbons (Fsp3) is 0.524. The van der Waals surface area contributed by atoms with E-state index < -0.39 is 11.6 Å². The molecule has 1 saturated heterocycles. The molecule has 0 saturated carbocycles. The van der Waals surface area contributed by atoms with Crippen LogP contribution in [0.25, 0.3) is 11.5 Å². The minimum absolute atomic E-state index is 0.00475. The number of oxazole rings is 1. The van der Waals surface area contributed by atoms with Gasteiger partial charge in [0.1, 0.15) is 17.4 Å². The first-order valence-corrected chi connectivity index (χ1v) is 9.85. The highest BCUT2D eigenvalue weighted by Gasteiger charge is 2.29. The van der Waals surface area contributed by atoms with Crippen LogP contribution in [0.15, 0.2) is 22.6 Å². The van der Waals surface area contributed by atoms with E-state index in [1.54, 1.807) is 6.92 Å². The Labute approximate surface area is 164 Å². The molecule has 1 fully saturated rings. The van der Waals surface area contributed by atoms with Crippen LogP contribution in [-0.2, 0) is 11.3 Å². The maximum Gasteiger partial charge on any atom is 0.229 e. The maximum atomic E-state index is 14.0. The van der Waals surface area contributed by atoms with E-state index in [9.17, 15) is 13.6 Å². The first kappa shape index (κ1) is 20.5. The molecule has 0 aliphatic carbocycles. The van der Waals surface area contributed by atoms with E-state index in [-0.39, 0.29) is 23.3 Å². The molecule has 1 aliphatic heterocycles. The zero-order valence-electron chi connectivity index (χ0n) is 16.7. The molecule has 2 aromatic rings. The van der Waals surface area contributed by atoms with Gasteiger partial charge >= 0.3 is 0 Å². The van der Waals surface area contributed by atoms with Gasteiger partial charge in [-0.1, -0.05) is 0 Å². The van der Waals surface area contributed by atoms with Crippen LogP contribution >= 0.6 is 0 Å². The number of piperidine rings is 1. The number of rotatable bonds is 6. The summed E-state index contributed by atoms with van der Waals surface area (Å²) < 4.78 is 32.8. The average molecular weight is 391 g/mol. The Morgan fingerprint density at radius 2 is 2.07 bits per heavy atom. The Morgan fingerprint density at radius 1 is 1.32 bits per heavy atom. The number of carbonyl (C=O) groups is 1. The topological polar surface area (TPSA) is 49.6 Å². The second-order valence-corrected chi connectivity index (χ2v) is 7.23. The quantitative estimate of drug-likeness (QED) is 0.747. The number of benzene rings is 1. The average Bonchev–Trinajstić information content (AvgIpc) is 3.03. The first-order valence-electron chi connectivity index (χ1n) is 9.85. The molecule has 1 amide bonds. The third kappa shape index (κ3) is 4.41. The summed E-state index contributed by atoms with van der Waals surface area (Å²) in [5, 5.41) is 0. The lowest BCUT2D eigenvalue weighted by atomic mass is 9.96. The summed E-state index contributed by atoms with van der Waals surface area (Å²) in [6.45, 7) is 9.34. The molecule has 5 nitrogen and oxygen atoms in total. The lowest BCUT2D eigenvalue weighted by molar-refractivity contribution is -0.137. The van der Waals surface area contributed by atoms with E-state index in [4.69, 9.17) is 4.42 Å². The Bertz CT molecular complexity index is 833. The van der Waals surface area contributed by atoms with Crippen molar-refractivity contribution in [2.75, 3.05) is 26.2 Å². The van der Waals surface area contributed by atoms with Crippen molar-refractivity contribution in [3.05, 3.63) is 41.3 Å². The highest BCUT2D eigenvalue weighted by molar-refractivity contribution is 5.79. The Morgan fingerprint density at radius 3 is 2.75 bits per heavy atom. The van der Waals surface area contributed by atoms with Gasteiger partial charge in [0.15, 0.2) is 0 Å². The lowest BCUT2D eigenvalue weighted by Gasteiger charge is -2.34. The molecular weight excluding hydrogens is 364 g/mol. The number of hydrogen-bond acceptors (Lipinski definition) is 4. The van der Waals surface area contributed by atoms with Gasteiger partial charge in [-0.2, -0.15) is 0 Å². The molecule has 0 N–H and O–H groups in total. The summed E-state index contributed by atoms with van der Waals surface area (Å²) in [4.78, 5) is 21.2. The fourth-order valence-electron chi connectivity index (χ4n) is 3.76. The standard InChI is InChI=1S/C21H27F2N3O2/c1-4-26(5-2)21(27)15-7-6-10-25(12-15)13-19-14(3)28-20(24-19)17-9-8-16(22)11-18(17)23/h8-9,11,15H,4-7,10,12-13H2,1-3H3/t15-/m1/s1. The lowest BCUT2D eigenvalue weighted by Crippen LogP contribution is -2.44. The summed E-state index contributed by atoms with van der Waals surface area (Å²) in [5.74, 6) is -0.373. The van der Waals surface area contributed by atoms with E-state index in [0.717, 1.165) is 44.2 Å². The molecule has 2 heterocycles. The summed E-state index contributed by atoms with van der Waals surface area (Å²) in [5.41, 5.74) is 0.860. The van der Waals surface area contributed by atoms with E-state index in [2.05, 4.69) is 9.88 Å². The van der Waals surface area contributed by atoms with Crippen molar-refractivity contribution in [2.45, 2.75) is 40.2 Å². The van der Waals surface area contributed by atoms with Crippen LogP contribution in [0.5, 0.6) is 0 Å². The van der Waals surface area contributed by atoms with Crippen LogP contribution in [-0.4, -0.2) is 46.9 Å². The normalized spacial score (nSPS) is 17.7. The van der Waals surface area contributed by atoms with Crippen molar-refractivity contribution < 1.29 is 18.0 Å². The van der Waals surface area contributed by atoms with Crippen molar-refractivity contribution in [3.8, 4) is 11.5 Å². The number of aromatic nitrogens is 1. The molecule has 1 atom stereocenters. The minimum Gasteiger partial charge on any atom is -0.441 e. The van der Waals surface area contributed by atoms with E-state index in [1.807, 2.05) is 18.7 Å². The van der Waals surface area contributed by atoms with E-state index in [1.165, 1.54) is 12.1 Å². The molecular formula is C21H27F2N3O2. The molecule has 1 aliphatic rings. The number of carbonyl (C=O) groups excluding carboxylic acids is 1. The van der Waals surface area contributed by atoms with Gasteiger partial charge in [-0.3, -0.25) is 9.69 Å². The van der Waals surface area contributed by atoms with Gasteiger partial charge in [-0.25, -0.2) is 13.8 Å². The van der Waals surface area contributed by atoms with Crippen molar-refractivity contribution in [2.24, 2.45) is 5.92 Å². The van der Waals surface area contributed by atoms with Gasteiger partial charge in [-0.15, -0.1) is 0 Å². The summed E-state index contributed by atoms with van der Waals surface area (Å²) in [6, 6.07) is 3.34. The van der Waals surface area contributed by atoms with Crippen molar-refractivity contribution in [1.82, 2.24) is 14.8 Å². The van der Waals surface area contributed by atoms with Crippen LogP contribution in [0.4, 0.5) is 8.78 Å². The molecule has 7 heteroatoms. The predicted molar refractivity (Wildman–Crippen MR) is 103 cm³/mol. The SMILES string of the molecule is CCN(CC)C(=O)[C@@H]1CCCN(Cc2nc(-c3ccc(F)cc3F)oc2C)C1. The van der Waals surface area contributed by atoms with E-state index >= 15 is 0 Å².